The Morgan fingerprint density at radius 3 is 2.52 bits per heavy atom. The molecule has 2 N–H and O–H groups in total. The molecule has 0 radical (unpaired) electrons. The van der Waals surface area contributed by atoms with Crippen LogP contribution < -0.4 is 10.6 Å². The Morgan fingerprint density at radius 2 is 1.87 bits per heavy atom. The van der Waals surface area contributed by atoms with E-state index in [-0.39, 0.29) is 0 Å². The molecule has 1 aromatic rings. The molecule has 0 bridgehead atoms. The van der Waals surface area contributed by atoms with Crippen LogP contribution in [0, 0.1) is 5.92 Å². The number of rotatable bonds is 4. The largest absolute Gasteiger partial charge is 0.397 e. The van der Waals surface area contributed by atoms with Crippen LogP contribution in [-0.4, -0.2) is 37.0 Å². The molecule has 0 aromatic heterocycles. The van der Waals surface area contributed by atoms with Crippen LogP contribution in [0.4, 0.5) is 11.4 Å². The van der Waals surface area contributed by atoms with Crippen molar-refractivity contribution in [3.8, 4) is 0 Å². The number of hydrogen-bond donors (Lipinski definition) is 1. The molecule has 0 spiro atoms. The maximum Gasteiger partial charge on any atom is 0.222 e. The Labute approximate surface area is 139 Å². The third kappa shape index (κ3) is 3.98. The van der Waals surface area contributed by atoms with Gasteiger partial charge in [-0.05, 0) is 55.7 Å². The van der Waals surface area contributed by atoms with E-state index in [1.54, 1.807) is 0 Å². The smallest absolute Gasteiger partial charge is 0.222 e. The highest BCUT2D eigenvalue weighted by molar-refractivity contribution is 5.77. The standard InChI is InChI=1S/C19H29N3O/c1-15-8-12-22(13-9-15)19(23)7-5-16-4-6-18(17(20)14-16)21-10-2-3-11-21/h4,6,14-15H,2-3,5,7-13,20H2,1H3. The van der Waals surface area contributed by atoms with Gasteiger partial charge in [0.05, 0.1) is 11.4 Å². The fraction of sp³-hybridized carbons (Fsp3) is 0.632. The molecule has 2 saturated heterocycles. The van der Waals surface area contributed by atoms with Gasteiger partial charge in [-0.25, -0.2) is 0 Å². The minimum Gasteiger partial charge on any atom is -0.397 e. The Balaban J connectivity index is 1.54. The second-order valence-electron chi connectivity index (χ2n) is 7.15. The number of anilines is 2. The maximum absolute atomic E-state index is 12.3. The predicted octanol–water partition coefficient (Wildman–Crippen LogP) is 3.06. The van der Waals surface area contributed by atoms with Gasteiger partial charge in [-0.3, -0.25) is 4.79 Å². The number of carbonyl (C=O) groups is 1. The lowest BCUT2D eigenvalue weighted by Gasteiger charge is -2.30. The summed E-state index contributed by atoms with van der Waals surface area (Å²) in [5.41, 5.74) is 9.40. The fourth-order valence-corrected chi connectivity index (χ4v) is 3.67. The molecule has 0 saturated carbocycles. The topological polar surface area (TPSA) is 49.6 Å². The summed E-state index contributed by atoms with van der Waals surface area (Å²) in [5, 5.41) is 0. The van der Waals surface area contributed by atoms with E-state index in [0.717, 1.165) is 62.7 Å². The van der Waals surface area contributed by atoms with Gasteiger partial charge in [0.2, 0.25) is 5.91 Å². The van der Waals surface area contributed by atoms with Gasteiger partial charge in [0.15, 0.2) is 0 Å². The van der Waals surface area contributed by atoms with Crippen molar-refractivity contribution in [2.24, 2.45) is 5.92 Å². The van der Waals surface area contributed by atoms with Gasteiger partial charge >= 0.3 is 0 Å². The van der Waals surface area contributed by atoms with Crippen LogP contribution in [0.1, 0.15) is 44.6 Å². The maximum atomic E-state index is 12.3. The molecule has 0 atom stereocenters. The van der Waals surface area contributed by atoms with E-state index in [9.17, 15) is 4.79 Å². The van der Waals surface area contributed by atoms with E-state index in [1.165, 1.54) is 18.4 Å². The number of piperidine rings is 1. The van der Waals surface area contributed by atoms with E-state index in [2.05, 4.69) is 30.0 Å². The monoisotopic (exact) mass is 315 g/mol. The summed E-state index contributed by atoms with van der Waals surface area (Å²) in [5.74, 6) is 1.05. The quantitative estimate of drug-likeness (QED) is 0.869. The molecule has 1 aromatic carbocycles. The number of nitrogens with zero attached hydrogens (tertiary/aromatic N) is 2. The third-order valence-electron chi connectivity index (χ3n) is 5.30. The number of likely N-dealkylation sites (tertiary alicyclic amines) is 1. The lowest BCUT2D eigenvalue weighted by Crippen LogP contribution is -2.38. The molecule has 4 heteroatoms. The molecule has 2 aliphatic rings. The van der Waals surface area contributed by atoms with E-state index >= 15 is 0 Å². The zero-order valence-electron chi connectivity index (χ0n) is 14.3. The van der Waals surface area contributed by atoms with Crippen LogP contribution in [0.3, 0.4) is 0 Å². The number of carbonyl (C=O) groups excluding carboxylic acids is 1. The van der Waals surface area contributed by atoms with E-state index in [0.29, 0.717) is 12.3 Å². The fourth-order valence-electron chi connectivity index (χ4n) is 3.67. The number of benzene rings is 1. The first-order chi connectivity index (χ1) is 11.1. The van der Waals surface area contributed by atoms with Crippen molar-refractivity contribution < 1.29 is 4.79 Å². The molecular weight excluding hydrogens is 286 g/mol. The zero-order chi connectivity index (χ0) is 16.2. The first-order valence-corrected chi connectivity index (χ1v) is 9.04. The first-order valence-electron chi connectivity index (χ1n) is 9.04. The molecule has 2 fully saturated rings. The van der Waals surface area contributed by atoms with E-state index in [4.69, 9.17) is 5.73 Å². The average Bonchev–Trinajstić information content (AvgIpc) is 3.07. The number of hydrogen-bond acceptors (Lipinski definition) is 3. The van der Waals surface area contributed by atoms with Crippen molar-refractivity contribution >= 4 is 17.3 Å². The minimum absolute atomic E-state index is 0.291. The Morgan fingerprint density at radius 1 is 1.17 bits per heavy atom. The molecule has 2 heterocycles. The Bertz CT molecular complexity index is 544. The lowest BCUT2D eigenvalue weighted by atomic mass is 9.98. The summed E-state index contributed by atoms with van der Waals surface area (Å²) in [4.78, 5) is 16.7. The molecule has 0 unspecified atom stereocenters. The molecule has 1 amide bonds. The highest BCUT2D eigenvalue weighted by Crippen LogP contribution is 2.28. The van der Waals surface area contributed by atoms with Gasteiger partial charge in [-0.2, -0.15) is 0 Å². The second-order valence-corrected chi connectivity index (χ2v) is 7.15. The molecule has 126 valence electrons. The van der Waals surface area contributed by atoms with E-state index < -0.39 is 0 Å². The third-order valence-corrected chi connectivity index (χ3v) is 5.30. The van der Waals surface area contributed by atoms with Crippen molar-refractivity contribution in [2.75, 3.05) is 36.8 Å². The van der Waals surface area contributed by atoms with Crippen LogP contribution in [0.5, 0.6) is 0 Å². The van der Waals surface area contributed by atoms with Crippen molar-refractivity contribution in [1.82, 2.24) is 4.90 Å². The average molecular weight is 315 g/mol. The summed E-state index contributed by atoms with van der Waals surface area (Å²) < 4.78 is 0. The number of nitrogens with two attached hydrogens (primary N) is 1. The summed E-state index contributed by atoms with van der Waals surface area (Å²) in [7, 11) is 0. The van der Waals surface area contributed by atoms with Crippen molar-refractivity contribution in [3.05, 3.63) is 23.8 Å². The predicted molar refractivity (Wildman–Crippen MR) is 95.6 cm³/mol. The Kier molecular flexibility index (Phi) is 5.09. The van der Waals surface area contributed by atoms with Gasteiger partial charge in [-0.1, -0.05) is 13.0 Å². The minimum atomic E-state index is 0.291. The van der Waals surface area contributed by atoms with Gasteiger partial charge in [0.1, 0.15) is 0 Å². The molecular formula is C19H29N3O. The highest BCUT2D eigenvalue weighted by Gasteiger charge is 2.20. The van der Waals surface area contributed by atoms with Gasteiger partial charge in [-0.15, -0.1) is 0 Å². The van der Waals surface area contributed by atoms with Gasteiger partial charge in [0, 0.05) is 32.6 Å². The molecule has 0 aliphatic carbocycles. The Hall–Kier alpha value is -1.71. The number of nitrogen functional groups attached to an aromatic ring is 1. The van der Waals surface area contributed by atoms with Gasteiger partial charge in [0.25, 0.3) is 0 Å². The van der Waals surface area contributed by atoms with E-state index in [1.807, 2.05) is 4.90 Å². The highest BCUT2D eigenvalue weighted by atomic mass is 16.2. The summed E-state index contributed by atoms with van der Waals surface area (Å²) >= 11 is 0. The van der Waals surface area contributed by atoms with Crippen molar-refractivity contribution in [2.45, 2.75) is 45.4 Å². The molecule has 3 rings (SSSR count). The summed E-state index contributed by atoms with van der Waals surface area (Å²) in [6.45, 7) is 6.34. The van der Waals surface area contributed by atoms with Crippen LogP contribution >= 0.6 is 0 Å². The van der Waals surface area contributed by atoms with Crippen LogP contribution in [-0.2, 0) is 11.2 Å². The first kappa shape index (κ1) is 16.2. The van der Waals surface area contributed by atoms with Crippen LogP contribution in [0.2, 0.25) is 0 Å². The molecule has 23 heavy (non-hydrogen) atoms. The SMILES string of the molecule is CC1CCN(C(=O)CCc2ccc(N3CCCC3)c(N)c2)CC1. The second kappa shape index (κ2) is 7.24. The van der Waals surface area contributed by atoms with Crippen LogP contribution in [0.15, 0.2) is 18.2 Å². The zero-order valence-corrected chi connectivity index (χ0v) is 14.3. The molecule has 2 aliphatic heterocycles. The normalized spacial score (nSPS) is 19.3. The van der Waals surface area contributed by atoms with Crippen molar-refractivity contribution in [1.29, 1.82) is 0 Å². The number of aryl methyl sites for hydroxylation is 1. The number of amides is 1. The summed E-state index contributed by atoms with van der Waals surface area (Å²) in [6, 6.07) is 6.32. The molecule has 4 nitrogen and oxygen atoms in total. The van der Waals surface area contributed by atoms with Gasteiger partial charge < -0.3 is 15.5 Å². The van der Waals surface area contributed by atoms with Crippen LogP contribution in [0.25, 0.3) is 0 Å². The summed E-state index contributed by atoms with van der Waals surface area (Å²) in [6.07, 6.45) is 6.17. The van der Waals surface area contributed by atoms with Crippen molar-refractivity contribution in [3.63, 3.8) is 0 Å². The lowest BCUT2D eigenvalue weighted by molar-refractivity contribution is -0.132.